The van der Waals surface area contributed by atoms with Gasteiger partial charge in [-0.05, 0) is 32.6 Å². The molecule has 0 aliphatic carbocycles. The van der Waals surface area contributed by atoms with Gasteiger partial charge in [0.25, 0.3) is 0 Å². The van der Waals surface area contributed by atoms with Crippen LogP contribution in [0.25, 0.3) is 0 Å². The fraction of sp³-hybridized carbons (Fsp3) is 0.818. The Morgan fingerprint density at radius 1 is 1.62 bits per heavy atom. The molecule has 2 unspecified atom stereocenters. The predicted octanol–water partition coefficient (Wildman–Crippen LogP) is 1.13. The molecule has 1 aliphatic heterocycles. The average Bonchev–Trinajstić information content (AvgIpc) is 2.27. The Hall–Kier alpha value is -0.680. The molecule has 1 fully saturated rings. The smallest absolute Gasteiger partial charge is 0.220 e. The summed E-state index contributed by atoms with van der Waals surface area (Å²) >= 11 is 4.78. The molecule has 1 heterocycles. The van der Waals surface area contributed by atoms with E-state index in [1.54, 1.807) is 6.92 Å². The Morgan fingerprint density at radius 2 is 2.38 bits per heavy atom. The standard InChI is InChI=1S/C11H20N2O2S/c1-8(11(12)16)13-10(14)6-5-9-4-2-3-7-15-9/h8-9H,2-7H2,1H3,(H2,12,16)(H,13,14). The van der Waals surface area contributed by atoms with Gasteiger partial charge in [-0.1, -0.05) is 12.2 Å². The Kier molecular flexibility index (Phi) is 5.69. The van der Waals surface area contributed by atoms with Crippen molar-refractivity contribution >= 4 is 23.1 Å². The van der Waals surface area contributed by atoms with E-state index in [1.807, 2.05) is 0 Å². The molecule has 0 aromatic heterocycles. The van der Waals surface area contributed by atoms with Crippen molar-refractivity contribution in [3.05, 3.63) is 0 Å². The van der Waals surface area contributed by atoms with Crippen molar-refractivity contribution in [1.29, 1.82) is 0 Å². The van der Waals surface area contributed by atoms with Gasteiger partial charge in [-0.25, -0.2) is 0 Å². The fourth-order valence-corrected chi connectivity index (χ4v) is 1.77. The van der Waals surface area contributed by atoms with Crippen molar-refractivity contribution < 1.29 is 9.53 Å². The van der Waals surface area contributed by atoms with Crippen LogP contribution in [0.2, 0.25) is 0 Å². The highest BCUT2D eigenvalue weighted by Gasteiger charge is 2.16. The molecule has 1 aliphatic rings. The van der Waals surface area contributed by atoms with E-state index in [9.17, 15) is 4.79 Å². The van der Waals surface area contributed by atoms with Crippen molar-refractivity contribution in [1.82, 2.24) is 5.32 Å². The van der Waals surface area contributed by atoms with Crippen LogP contribution < -0.4 is 11.1 Å². The van der Waals surface area contributed by atoms with Crippen LogP contribution in [0.15, 0.2) is 0 Å². The van der Waals surface area contributed by atoms with E-state index < -0.39 is 0 Å². The van der Waals surface area contributed by atoms with Crippen molar-refractivity contribution in [2.24, 2.45) is 5.73 Å². The summed E-state index contributed by atoms with van der Waals surface area (Å²) in [5, 5.41) is 2.76. The number of hydrogen-bond donors (Lipinski definition) is 2. The van der Waals surface area contributed by atoms with E-state index in [4.69, 9.17) is 22.7 Å². The van der Waals surface area contributed by atoms with E-state index in [2.05, 4.69) is 5.32 Å². The molecule has 4 nitrogen and oxygen atoms in total. The van der Waals surface area contributed by atoms with Gasteiger partial charge in [-0.2, -0.15) is 0 Å². The van der Waals surface area contributed by atoms with Crippen molar-refractivity contribution in [3.8, 4) is 0 Å². The molecule has 3 N–H and O–H groups in total. The highest BCUT2D eigenvalue weighted by atomic mass is 32.1. The molecule has 16 heavy (non-hydrogen) atoms. The lowest BCUT2D eigenvalue weighted by Crippen LogP contribution is -2.41. The molecular weight excluding hydrogens is 224 g/mol. The Labute approximate surface area is 102 Å². The minimum Gasteiger partial charge on any atom is -0.392 e. The quantitative estimate of drug-likeness (QED) is 0.712. The van der Waals surface area contributed by atoms with Crippen LogP contribution in [0, 0.1) is 0 Å². The van der Waals surface area contributed by atoms with Gasteiger partial charge in [-0.3, -0.25) is 4.79 Å². The number of thiocarbonyl (C=S) groups is 1. The summed E-state index contributed by atoms with van der Waals surface area (Å²) < 4.78 is 5.55. The zero-order valence-electron chi connectivity index (χ0n) is 9.70. The second-order valence-electron chi connectivity index (χ2n) is 4.22. The molecular formula is C11H20N2O2S. The number of ether oxygens (including phenoxy) is 1. The molecule has 5 heteroatoms. The molecule has 0 spiro atoms. The van der Waals surface area contributed by atoms with Crippen molar-refractivity contribution in [2.45, 2.75) is 51.2 Å². The monoisotopic (exact) mass is 244 g/mol. The number of carbonyl (C=O) groups excluding carboxylic acids is 1. The first kappa shape index (κ1) is 13.4. The van der Waals surface area contributed by atoms with Crippen LogP contribution >= 0.6 is 12.2 Å². The van der Waals surface area contributed by atoms with Gasteiger partial charge < -0.3 is 15.8 Å². The van der Waals surface area contributed by atoms with Crippen LogP contribution in [0.3, 0.4) is 0 Å². The van der Waals surface area contributed by atoms with Gasteiger partial charge in [0.1, 0.15) is 0 Å². The lowest BCUT2D eigenvalue weighted by molar-refractivity contribution is -0.122. The third kappa shape index (κ3) is 4.90. The third-order valence-electron chi connectivity index (χ3n) is 2.77. The lowest BCUT2D eigenvalue weighted by Gasteiger charge is -2.22. The number of carbonyl (C=O) groups is 1. The van der Waals surface area contributed by atoms with E-state index in [1.165, 1.54) is 6.42 Å². The maximum Gasteiger partial charge on any atom is 0.220 e. The molecule has 92 valence electrons. The zero-order chi connectivity index (χ0) is 12.0. The van der Waals surface area contributed by atoms with E-state index in [0.717, 1.165) is 25.9 Å². The topological polar surface area (TPSA) is 64.3 Å². The first-order valence-corrected chi connectivity index (χ1v) is 6.20. The van der Waals surface area contributed by atoms with Gasteiger partial charge in [0.05, 0.1) is 17.1 Å². The maximum absolute atomic E-state index is 11.5. The summed E-state index contributed by atoms with van der Waals surface area (Å²) in [5.74, 6) is -0.00512. The normalized spacial score (nSPS) is 22.4. The molecule has 0 saturated carbocycles. The summed E-state index contributed by atoms with van der Waals surface area (Å²) in [4.78, 5) is 11.8. The lowest BCUT2D eigenvalue weighted by atomic mass is 10.0. The average molecular weight is 244 g/mol. The number of hydrogen-bond acceptors (Lipinski definition) is 3. The number of amides is 1. The van der Waals surface area contributed by atoms with Crippen molar-refractivity contribution in [3.63, 3.8) is 0 Å². The van der Waals surface area contributed by atoms with Crippen LogP contribution in [0.1, 0.15) is 39.0 Å². The molecule has 1 saturated heterocycles. The summed E-state index contributed by atoms with van der Waals surface area (Å²) in [6, 6.07) is -0.227. The molecule has 0 radical (unpaired) electrons. The molecule has 0 aromatic rings. The van der Waals surface area contributed by atoms with Gasteiger partial charge >= 0.3 is 0 Å². The number of rotatable bonds is 5. The van der Waals surface area contributed by atoms with Crippen LogP contribution in [0.4, 0.5) is 0 Å². The Morgan fingerprint density at radius 3 is 2.94 bits per heavy atom. The van der Waals surface area contributed by atoms with Gasteiger partial charge in [-0.15, -0.1) is 0 Å². The van der Waals surface area contributed by atoms with Gasteiger partial charge in [0.2, 0.25) is 5.91 Å². The van der Waals surface area contributed by atoms with E-state index >= 15 is 0 Å². The number of nitrogens with one attached hydrogen (secondary N) is 1. The van der Waals surface area contributed by atoms with Crippen LogP contribution in [-0.2, 0) is 9.53 Å². The minimum absolute atomic E-state index is 0.00512. The molecule has 2 atom stereocenters. The molecule has 1 rings (SSSR count). The second kappa shape index (κ2) is 6.81. The zero-order valence-corrected chi connectivity index (χ0v) is 10.5. The predicted molar refractivity (Wildman–Crippen MR) is 67.2 cm³/mol. The summed E-state index contributed by atoms with van der Waals surface area (Å²) in [6.45, 7) is 2.62. The van der Waals surface area contributed by atoms with Gasteiger partial charge in [0, 0.05) is 13.0 Å². The number of nitrogens with two attached hydrogens (primary N) is 1. The third-order valence-corrected chi connectivity index (χ3v) is 3.13. The largest absolute Gasteiger partial charge is 0.392 e. The highest BCUT2D eigenvalue weighted by Crippen LogP contribution is 2.16. The summed E-state index contributed by atoms with van der Waals surface area (Å²) in [5.41, 5.74) is 5.42. The van der Waals surface area contributed by atoms with E-state index in [-0.39, 0.29) is 18.1 Å². The van der Waals surface area contributed by atoms with Gasteiger partial charge in [0.15, 0.2) is 0 Å². The second-order valence-corrected chi connectivity index (χ2v) is 4.69. The van der Waals surface area contributed by atoms with Crippen LogP contribution in [0.5, 0.6) is 0 Å². The van der Waals surface area contributed by atoms with Crippen molar-refractivity contribution in [2.75, 3.05) is 6.61 Å². The molecule has 0 bridgehead atoms. The fourth-order valence-electron chi connectivity index (χ4n) is 1.71. The van der Waals surface area contributed by atoms with Crippen LogP contribution in [-0.4, -0.2) is 29.6 Å². The van der Waals surface area contributed by atoms with E-state index in [0.29, 0.717) is 11.4 Å². The Bertz CT molecular complexity index is 252. The SMILES string of the molecule is CC(NC(=O)CCC1CCCCO1)C(N)=S. The maximum atomic E-state index is 11.5. The molecule has 0 aromatic carbocycles. The molecule has 1 amide bonds. The summed E-state index contributed by atoms with van der Waals surface area (Å²) in [6.07, 6.45) is 4.93. The highest BCUT2D eigenvalue weighted by molar-refractivity contribution is 7.80. The minimum atomic E-state index is -0.227. The first-order valence-electron chi connectivity index (χ1n) is 5.80. The summed E-state index contributed by atoms with van der Waals surface area (Å²) in [7, 11) is 0. The first-order chi connectivity index (χ1) is 7.59. The Balaban J connectivity index is 2.16.